The van der Waals surface area contributed by atoms with Crippen LogP contribution < -0.4 is 4.90 Å². The van der Waals surface area contributed by atoms with Gasteiger partial charge < -0.3 is 14.9 Å². The van der Waals surface area contributed by atoms with E-state index in [-0.39, 0.29) is 5.91 Å². The van der Waals surface area contributed by atoms with Crippen LogP contribution in [-0.4, -0.2) is 42.6 Å². The van der Waals surface area contributed by atoms with Crippen LogP contribution in [0.25, 0.3) is 0 Å². The average Bonchev–Trinajstić information content (AvgIpc) is 2.90. The van der Waals surface area contributed by atoms with E-state index in [0.29, 0.717) is 5.92 Å². The summed E-state index contributed by atoms with van der Waals surface area (Å²) in [6.45, 7) is 4.46. The average molecular weight is 288 g/mol. The second kappa shape index (κ2) is 5.78. The van der Waals surface area contributed by atoms with E-state index >= 15 is 0 Å². The van der Waals surface area contributed by atoms with Crippen LogP contribution in [0.15, 0.2) is 18.2 Å². The summed E-state index contributed by atoms with van der Waals surface area (Å²) in [6, 6.07) is 6.13. The lowest BCUT2D eigenvalue weighted by molar-refractivity contribution is -0.116. The first-order valence-electron chi connectivity index (χ1n) is 7.84. The van der Waals surface area contributed by atoms with E-state index in [4.69, 9.17) is 0 Å². The monoisotopic (exact) mass is 288 g/mol. The van der Waals surface area contributed by atoms with Crippen molar-refractivity contribution in [3.8, 4) is 0 Å². The molecule has 2 aliphatic heterocycles. The van der Waals surface area contributed by atoms with Gasteiger partial charge in [-0.25, -0.2) is 0 Å². The van der Waals surface area contributed by atoms with Crippen LogP contribution in [0.1, 0.15) is 37.0 Å². The molecule has 4 nitrogen and oxygen atoms in total. The van der Waals surface area contributed by atoms with Gasteiger partial charge in [0.25, 0.3) is 0 Å². The number of benzene rings is 1. The van der Waals surface area contributed by atoms with E-state index in [9.17, 15) is 9.90 Å². The molecule has 1 saturated heterocycles. The van der Waals surface area contributed by atoms with E-state index in [1.807, 2.05) is 17.0 Å². The number of carbonyl (C=O) groups is 1. The minimum atomic E-state index is -0.418. The summed E-state index contributed by atoms with van der Waals surface area (Å²) in [7, 11) is 2.13. The molecule has 114 valence electrons. The van der Waals surface area contributed by atoms with Gasteiger partial charge in [-0.15, -0.1) is 0 Å². The topological polar surface area (TPSA) is 43.8 Å². The van der Waals surface area contributed by atoms with Crippen molar-refractivity contribution in [2.24, 2.45) is 5.92 Å². The van der Waals surface area contributed by atoms with E-state index in [1.165, 1.54) is 5.56 Å². The highest BCUT2D eigenvalue weighted by Crippen LogP contribution is 2.35. The smallest absolute Gasteiger partial charge is 0.223 e. The van der Waals surface area contributed by atoms with Crippen molar-refractivity contribution < 1.29 is 9.90 Å². The maximum Gasteiger partial charge on any atom is 0.223 e. The second-order valence-electron chi connectivity index (χ2n) is 6.39. The number of aliphatic hydroxyl groups excluding tert-OH is 1. The highest BCUT2D eigenvalue weighted by molar-refractivity contribution is 5.93. The molecule has 4 heteroatoms. The molecule has 0 aromatic heterocycles. The molecule has 1 aromatic carbocycles. The lowest BCUT2D eigenvalue weighted by Gasteiger charge is -2.32. The molecule has 2 heterocycles. The maximum absolute atomic E-state index is 11.7. The fourth-order valence-electron chi connectivity index (χ4n) is 3.52. The number of anilines is 1. The van der Waals surface area contributed by atoms with Crippen LogP contribution in [0, 0.1) is 5.92 Å². The minimum Gasteiger partial charge on any atom is -0.388 e. The van der Waals surface area contributed by atoms with Crippen molar-refractivity contribution in [2.45, 2.75) is 32.3 Å². The van der Waals surface area contributed by atoms with Crippen molar-refractivity contribution in [3.63, 3.8) is 0 Å². The summed E-state index contributed by atoms with van der Waals surface area (Å²) >= 11 is 0. The van der Waals surface area contributed by atoms with Crippen LogP contribution in [0.3, 0.4) is 0 Å². The highest BCUT2D eigenvalue weighted by Gasteiger charge is 2.28. The van der Waals surface area contributed by atoms with E-state index in [2.05, 4.69) is 18.0 Å². The summed E-state index contributed by atoms with van der Waals surface area (Å²) in [6.07, 6.45) is 2.56. The van der Waals surface area contributed by atoms with Gasteiger partial charge >= 0.3 is 0 Å². The number of rotatable bonds is 2. The Morgan fingerprint density at radius 1 is 1.29 bits per heavy atom. The Labute approximate surface area is 126 Å². The Hall–Kier alpha value is -1.39. The third-order valence-corrected chi connectivity index (χ3v) is 4.94. The molecule has 0 radical (unpaired) electrons. The minimum absolute atomic E-state index is 0.0830. The van der Waals surface area contributed by atoms with E-state index in [0.717, 1.165) is 50.1 Å². The van der Waals surface area contributed by atoms with Gasteiger partial charge in [0.2, 0.25) is 5.91 Å². The summed E-state index contributed by atoms with van der Waals surface area (Å²) in [5, 5.41) is 10.7. The van der Waals surface area contributed by atoms with Gasteiger partial charge in [0, 0.05) is 19.2 Å². The largest absolute Gasteiger partial charge is 0.388 e. The van der Waals surface area contributed by atoms with Gasteiger partial charge in [-0.05, 0) is 62.5 Å². The molecule has 1 N–H and O–H groups in total. The van der Waals surface area contributed by atoms with Crippen molar-refractivity contribution in [3.05, 3.63) is 29.3 Å². The zero-order chi connectivity index (χ0) is 15.0. The number of piperidine rings is 1. The Morgan fingerprint density at radius 2 is 2.00 bits per heavy atom. The maximum atomic E-state index is 11.7. The molecule has 1 fully saturated rings. The molecular weight excluding hydrogens is 264 g/mol. The first-order chi connectivity index (χ1) is 10.1. The molecule has 1 atom stereocenters. The van der Waals surface area contributed by atoms with Crippen LogP contribution in [0.5, 0.6) is 0 Å². The number of amides is 1. The molecule has 21 heavy (non-hydrogen) atoms. The van der Waals surface area contributed by atoms with Gasteiger partial charge in [-0.2, -0.15) is 0 Å². The molecule has 1 aromatic rings. The summed E-state index contributed by atoms with van der Waals surface area (Å²) < 4.78 is 0. The molecule has 1 amide bonds. The molecule has 2 aliphatic rings. The van der Waals surface area contributed by atoms with Gasteiger partial charge in [0.1, 0.15) is 0 Å². The van der Waals surface area contributed by atoms with Crippen molar-refractivity contribution in [1.29, 1.82) is 0 Å². The van der Waals surface area contributed by atoms with Crippen molar-refractivity contribution >= 4 is 11.6 Å². The highest BCUT2D eigenvalue weighted by atomic mass is 16.3. The van der Waals surface area contributed by atoms with Crippen molar-refractivity contribution in [1.82, 2.24) is 4.90 Å². The SMILES string of the molecule is CC(=O)N1CCc2ccc(C(O)C3CCN(C)CC3)cc21. The summed E-state index contributed by atoms with van der Waals surface area (Å²) in [4.78, 5) is 15.8. The van der Waals surface area contributed by atoms with Crippen LogP contribution in [-0.2, 0) is 11.2 Å². The molecule has 0 saturated carbocycles. The summed E-state index contributed by atoms with van der Waals surface area (Å²) in [5.74, 6) is 0.408. The molecule has 3 rings (SSSR count). The van der Waals surface area contributed by atoms with Crippen LogP contribution in [0.2, 0.25) is 0 Å². The Morgan fingerprint density at radius 3 is 2.67 bits per heavy atom. The zero-order valence-corrected chi connectivity index (χ0v) is 12.9. The van der Waals surface area contributed by atoms with Gasteiger partial charge in [0.15, 0.2) is 0 Å². The fourth-order valence-corrected chi connectivity index (χ4v) is 3.52. The lowest BCUT2D eigenvalue weighted by Crippen LogP contribution is -2.32. The number of aliphatic hydroxyl groups is 1. The molecule has 0 bridgehead atoms. The third kappa shape index (κ3) is 2.83. The molecular formula is C17H24N2O2. The van der Waals surface area contributed by atoms with Crippen LogP contribution >= 0.6 is 0 Å². The zero-order valence-electron chi connectivity index (χ0n) is 12.9. The third-order valence-electron chi connectivity index (χ3n) is 4.94. The standard InChI is InChI=1S/C17H24N2O2/c1-12(20)19-10-7-13-3-4-15(11-16(13)19)17(21)14-5-8-18(2)9-6-14/h3-4,11,14,17,21H,5-10H2,1-2H3. The van der Waals surface area contributed by atoms with Crippen LogP contribution in [0.4, 0.5) is 5.69 Å². The molecule has 0 aliphatic carbocycles. The first-order valence-corrected chi connectivity index (χ1v) is 7.84. The lowest BCUT2D eigenvalue weighted by atomic mass is 9.87. The number of hydrogen-bond acceptors (Lipinski definition) is 3. The van der Waals surface area contributed by atoms with Gasteiger partial charge in [-0.3, -0.25) is 4.79 Å². The van der Waals surface area contributed by atoms with E-state index < -0.39 is 6.10 Å². The normalized spacial score (nSPS) is 21.4. The fraction of sp³-hybridized carbons (Fsp3) is 0.588. The number of nitrogens with zero attached hydrogens (tertiary/aromatic N) is 2. The van der Waals surface area contributed by atoms with Gasteiger partial charge in [-0.1, -0.05) is 12.1 Å². The Balaban J connectivity index is 1.80. The Kier molecular flexibility index (Phi) is 4.00. The molecule has 1 unspecified atom stereocenters. The number of hydrogen-bond donors (Lipinski definition) is 1. The first kappa shape index (κ1) is 14.5. The predicted octanol–water partition coefficient (Wildman–Crippen LogP) is 1.97. The predicted molar refractivity (Wildman–Crippen MR) is 83.4 cm³/mol. The summed E-state index contributed by atoms with van der Waals surface area (Å²) in [5.41, 5.74) is 3.16. The number of likely N-dealkylation sites (tertiary alicyclic amines) is 1. The number of carbonyl (C=O) groups excluding carboxylic acids is 1. The number of fused-ring (bicyclic) bond motifs is 1. The van der Waals surface area contributed by atoms with E-state index in [1.54, 1.807) is 6.92 Å². The molecule has 0 spiro atoms. The van der Waals surface area contributed by atoms with Crippen molar-refractivity contribution in [2.75, 3.05) is 31.6 Å². The van der Waals surface area contributed by atoms with Gasteiger partial charge in [0.05, 0.1) is 6.10 Å². The Bertz CT molecular complexity index is 536. The second-order valence-corrected chi connectivity index (χ2v) is 6.39. The quantitative estimate of drug-likeness (QED) is 0.905.